The van der Waals surface area contributed by atoms with Gasteiger partial charge in [-0.2, -0.15) is 0 Å². The van der Waals surface area contributed by atoms with Gasteiger partial charge in [-0.3, -0.25) is 4.79 Å². The summed E-state index contributed by atoms with van der Waals surface area (Å²) in [6.45, 7) is 0.338. The second kappa shape index (κ2) is 9.47. The maximum absolute atomic E-state index is 12.6. The molecule has 0 fully saturated rings. The van der Waals surface area contributed by atoms with Crippen molar-refractivity contribution in [2.24, 2.45) is 5.73 Å². The molecule has 0 unspecified atom stereocenters. The van der Waals surface area contributed by atoms with E-state index in [0.29, 0.717) is 27.8 Å². The van der Waals surface area contributed by atoms with Crippen LogP contribution in [-0.4, -0.2) is 23.0 Å². The van der Waals surface area contributed by atoms with Crippen molar-refractivity contribution in [3.63, 3.8) is 0 Å². The highest BCUT2D eigenvalue weighted by Gasteiger charge is 2.33. The Morgan fingerprint density at radius 1 is 1.21 bits per heavy atom. The summed E-state index contributed by atoms with van der Waals surface area (Å²) in [5.74, 6) is -1.24. The first-order valence-electron chi connectivity index (χ1n) is 8.43. The molecule has 1 aliphatic rings. The van der Waals surface area contributed by atoms with E-state index in [1.165, 1.54) is 0 Å². The third-order valence-electron chi connectivity index (χ3n) is 4.57. The number of nitrogens with one attached hydrogen (secondary N) is 2. The number of carbonyl (C=O) groups excluding carboxylic acids is 1. The lowest BCUT2D eigenvalue weighted by Crippen LogP contribution is -2.41. The Hall–Kier alpha value is -1.99. The van der Waals surface area contributed by atoms with Crippen LogP contribution in [0.3, 0.4) is 0 Å². The van der Waals surface area contributed by atoms with E-state index in [-0.39, 0.29) is 31.2 Å². The van der Waals surface area contributed by atoms with E-state index in [1.807, 2.05) is 24.3 Å². The van der Waals surface area contributed by atoms with Gasteiger partial charge in [0.05, 0.1) is 12.5 Å². The number of benzene rings is 2. The Kier molecular flexibility index (Phi) is 7.55. The van der Waals surface area contributed by atoms with E-state index >= 15 is 0 Å². The zero-order chi connectivity index (χ0) is 19.6. The topological polar surface area (TPSA) is 104 Å². The minimum atomic E-state index is -1.01. The number of halogens is 3. The van der Waals surface area contributed by atoms with Crippen molar-refractivity contribution < 1.29 is 14.7 Å². The number of anilines is 1. The highest BCUT2D eigenvalue weighted by atomic mass is 35.5. The molecule has 9 heteroatoms. The Labute approximate surface area is 178 Å². The Morgan fingerprint density at radius 2 is 1.89 bits per heavy atom. The van der Waals surface area contributed by atoms with Crippen LogP contribution < -0.4 is 16.4 Å². The molecule has 6 nitrogen and oxygen atoms in total. The maximum atomic E-state index is 12.6. The second-order valence-electron chi connectivity index (χ2n) is 6.39. The molecule has 2 aromatic carbocycles. The summed E-state index contributed by atoms with van der Waals surface area (Å²) in [5.41, 5.74) is 8.61. The number of carboxylic acids is 1. The fourth-order valence-electron chi connectivity index (χ4n) is 3.30. The molecule has 0 bridgehead atoms. The number of hydrogen-bond acceptors (Lipinski definition) is 4. The molecule has 28 heavy (non-hydrogen) atoms. The van der Waals surface area contributed by atoms with E-state index in [9.17, 15) is 14.7 Å². The second-order valence-corrected chi connectivity index (χ2v) is 7.23. The Balaban J connectivity index is 0.00000280. The number of amides is 1. The molecule has 1 heterocycles. The SMILES string of the molecule is Cl.NCc1ccccc1CC(=O)N[C@H]1C[C@H](C(=O)O)Nc2cc(Cl)cc(Cl)c21. The highest BCUT2D eigenvalue weighted by Crippen LogP contribution is 2.39. The van der Waals surface area contributed by atoms with Gasteiger partial charge in [0, 0.05) is 34.3 Å². The minimum Gasteiger partial charge on any atom is -0.480 e. The van der Waals surface area contributed by atoms with Crippen LogP contribution in [0.25, 0.3) is 0 Å². The number of hydrogen-bond donors (Lipinski definition) is 4. The Bertz CT molecular complexity index is 892. The lowest BCUT2D eigenvalue weighted by atomic mass is 9.92. The largest absolute Gasteiger partial charge is 0.480 e. The van der Waals surface area contributed by atoms with Gasteiger partial charge in [-0.05, 0) is 23.3 Å². The van der Waals surface area contributed by atoms with Crippen LogP contribution >= 0.6 is 35.6 Å². The van der Waals surface area contributed by atoms with Crippen LogP contribution in [0.2, 0.25) is 10.0 Å². The maximum Gasteiger partial charge on any atom is 0.326 e. The fraction of sp³-hybridized carbons (Fsp3) is 0.263. The van der Waals surface area contributed by atoms with Crippen LogP contribution in [0.5, 0.6) is 0 Å². The van der Waals surface area contributed by atoms with Gasteiger partial charge < -0.3 is 21.5 Å². The standard InChI is InChI=1S/C19H19Cl2N3O3.ClH/c20-12-6-13(21)18-14(7-12)23-16(19(26)27)8-15(18)24-17(25)5-10-3-1-2-4-11(10)9-22;/h1-4,6-7,15-16,23H,5,8-9,22H2,(H,24,25)(H,26,27);1H/t15-,16+;/m0./s1. The number of aliphatic carboxylic acids is 1. The van der Waals surface area contributed by atoms with E-state index < -0.39 is 18.1 Å². The zero-order valence-electron chi connectivity index (χ0n) is 14.7. The van der Waals surface area contributed by atoms with Crippen LogP contribution in [0, 0.1) is 0 Å². The molecule has 0 spiro atoms. The van der Waals surface area contributed by atoms with Crippen molar-refractivity contribution in [3.8, 4) is 0 Å². The third kappa shape index (κ3) is 4.89. The zero-order valence-corrected chi connectivity index (χ0v) is 17.1. The number of nitrogens with two attached hydrogens (primary N) is 1. The lowest BCUT2D eigenvalue weighted by Gasteiger charge is -2.32. The predicted octanol–water partition coefficient (Wildman–Crippen LogP) is 3.54. The number of carbonyl (C=O) groups is 2. The van der Waals surface area contributed by atoms with Crippen LogP contribution in [0.15, 0.2) is 36.4 Å². The summed E-state index contributed by atoms with van der Waals surface area (Å²) in [6, 6.07) is 9.24. The molecule has 150 valence electrons. The fourth-order valence-corrected chi connectivity index (χ4v) is 3.92. The molecule has 5 N–H and O–H groups in total. The highest BCUT2D eigenvalue weighted by molar-refractivity contribution is 6.35. The predicted molar refractivity (Wildman–Crippen MR) is 112 cm³/mol. The molecule has 1 amide bonds. The average molecular weight is 445 g/mol. The van der Waals surface area contributed by atoms with Gasteiger partial charge in [0.15, 0.2) is 0 Å². The van der Waals surface area contributed by atoms with Gasteiger partial charge >= 0.3 is 5.97 Å². The molecule has 0 aromatic heterocycles. The van der Waals surface area contributed by atoms with Crippen LogP contribution in [-0.2, 0) is 22.6 Å². The molecule has 0 aliphatic carbocycles. The molecular formula is C19H20Cl3N3O3. The van der Waals surface area contributed by atoms with Crippen molar-refractivity contribution in [2.75, 3.05) is 5.32 Å². The molecule has 2 aromatic rings. The lowest BCUT2D eigenvalue weighted by molar-refractivity contribution is -0.138. The first-order valence-corrected chi connectivity index (χ1v) is 9.19. The van der Waals surface area contributed by atoms with Gasteiger partial charge in [-0.15, -0.1) is 12.4 Å². The van der Waals surface area contributed by atoms with Gasteiger partial charge in [0.25, 0.3) is 0 Å². The monoisotopic (exact) mass is 443 g/mol. The van der Waals surface area contributed by atoms with E-state index in [0.717, 1.165) is 11.1 Å². The van der Waals surface area contributed by atoms with Crippen molar-refractivity contribution >= 4 is 53.2 Å². The van der Waals surface area contributed by atoms with Gasteiger partial charge in [-0.1, -0.05) is 47.5 Å². The van der Waals surface area contributed by atoms with Gasteiger partial charge in [0.2, 0.25) is 5.91 Å². The normalized spacial score (nSPS) is 17.7. The summed E-state index contributed by atoms with van der Waals surface area (Å²) in [6.07, 6.45) is 0.323. The summed E-state index contributed by atoms with van der Waals surface area (Å²) < 4.78 is 0. The van der Waals surface area contributed by atoms with Crippen molar-refractivity contribution in [3.05, 3.63) is 63.1 Å². The smallest absolute Gasteiger partial charge is 0.326 e. The minimum absolute atomic E-state index is 0. The Morgan fingerprint density at radius 3 is 2.54 bits per heavy atom. The van der Waals surface area contributed by atoms with Crippen LogP contribution in [0.4, 0.5) is 5.69 Å². The first kappa shape index (κ1) is 22.3. The summed E-state index contributed by atoms with van der Waals surface area (Å²) in [4.78, 5) is 24.1. The number of rotatable bonds is 5. The molecular weight excluding hydrogens is 425 g/mol. The molecule has 2 atom stereocenters. The van der Waals surface area contributed by atoms with Crippen molar-refractivity contribution in [1.29, 1.82) is 0 Å². The van der Waals surface area contributed by atoms with Crippen molar-refractivity contribution in [1.82, 2.24) is 5.32 Å². The summed E-state index contributed by atoms with van der Waals surface area (Å²) >= 11 is 12.4. The van der Waals surface area contributed by atoms with E-state index in [2.05, 4.69) is 10.6 Å². The molecule has 0 saturated heterocycles. The molecule has 0 radical (unpaired) electrons. The third-order valence-corrected chi connectivity index (χ3v) is 5.10. The number of fused-ring (bicyclic) bond motifs is 1. The summed E-state index contributed by atoms with van der Waals surface area (Å²) in [5, 5.41) is 16.0. The van der Waals surface area contributed by atoms with E-state index in [4.69, 9.17) is 28.9 Å². The van der Waals surface area contributed by atoms with Crippen LogP contribution in [0.1, 0.15) is 29.2 Å². The van der Waals surface area contributed by atoms with Gasteiger partial charge in [0.1, 0.15) is 6.04 Å². The summed E-state index contributed by atoms with van der Waals surface area (Å²) in [7, 11) is 0. The molecule has 1 aliphatic heterocycles. The van der Waals surface area contributed by atoms with Gasteiger partial charge in [-0.25, -0.2) is 4.79 Å². The van der Waals surface area contributed by atoms with E-state index in [1.54, 1.807) is 12.1 Å². The number of carboxylic acid groups (broad SMARTS) is 1. The quantitative estimate of drug-likeness (QED) is 0.564. The first-order chi connectivity index (χ1) is 12.9. The van der Waals surface area contributed by atoms with Crippen molar-refractivity contribution in [2.45, 2.75) is 31.5 Å². The average Bonchev–Trinajstić information content (AvgIpc) is 2.61. The molecule has 3 rings (SSSR count). The molecule has 0 saturated carbocycles.